The largest absolute Gasteiger partial charge is 0.366 e. The van der Waals surface area contributed by atoms with Crippen LogP contribution in [0.1, 0.15) is 5.56 Å². The summed E-state index contributed by atoms with van der Waals surface area (Å²) < 4.78 is 1.67. The smallest absolute Gasteiger partial charge is 0.255 e. The van der Waals surface area contributed by atoms with Gasteiger partial charge in [-0.2, -0.15) is 0 Å². The lowest BCUT2D eigenvalue weighted by Gasteiger charge is -2.10. The van der Waals surface area contributed by atoms with Gasteiger partial charge in [0, 0.05) is 25.4 Å². The van der Waals surface area contributed by atoms with E-state index in [9.17, 15) is 4.79 Å². The van der Waals surface area contributed by atoms with Crippen molar-refractivity contribution in [3.05, 3.63) is 69.6 Å². The molecule has 2 heterocycles. The van der Waals surface area contributed by atoms with Gasteiger partial charge in [-0.15, -0.1) is 0 Å². The Morgan fingerprint density at radius 2 is 2.05 bits per heavy atom. The molecule has 0 aliphatic heterocycles. The molecule has 0 amide bonds. The molecule has 2 aromatic heterocycles. The first-order valence-electron chi connectivity index (χ1n) is 6.58. The molecule has 0 aliphatic rings. The van der Waals surface area contributed by atoms with Gasteiger partial charge in [-0.1, -0.05) is 29.8 Å². The molecule has 0 aliphatic carbocycles. The standard InChI is InChI=1S/C16H14ClN3O/c1-20-14-5-3-2-4-11(14)8-12(16(20)21)9-18-15-7-6-13(17)10-19-15/h2-8,10H,9H2,1H3,(H,18,19). The minimum atomic E-state index is -0.00448. The third-order valence-electron chi connectivity index (χ3n) is 3.39. The minimum Gasteiger partial charge on any atom is -0.366 e. The lowest BCUT2D eigenvalue weighted by molar-refractivity contribution is 0.877. The second kappa shape index (κ2) is 5.58. The molecule has 106 valence electrons. The van der Waals surface area contributed by atoms with Crippen molar-refractivity contribution in [1.82, 2.24) is 9.55 Å². The molecule has 0 atom stereocenters. The fourth-order valence-corrected chi connectivity index (χ4v) is 2.39. The summed E-state index contributed by atoms with van der Waals surface area (Å²) in [7, 11) is 1.79. The van der Waals surface area contributed by atoms with Crippen LogP contribution >= 0.6 is 11.6 Å². The fourth-order valence-electron chi connectivity index (χ4n) is 2.28. The maximum Gasteiger partial charge on any atom is 0.255 e. The molecule has 0 fully saturated rings. The summed E-state index contributed by atoms with van der Waals surface area (Å²) in [6, 6.07) is 13.3. The first-order chi connectivity index (χ1) is 10.1. The molecule has 0 saturated carbocycles. The van der Waals surface area contributed by atoms with Gasteiger partial charge >= 0.3 is 0 Å². The molecule has 3 aromatic rings. The number of hydrogen-bond donors (Lipinski definition) is 1. The number of benzene rings is 1. The Kier molecular flexibility index (Phi) is 3.62. The molecule has 21 heavy (non-hydrogen) atoms. The van der Waals surface area contributed by atoms with Gasteiger partial charge in [-0.3, -0.25) is 4.79 Å². The number of hydrogen-bond acceptors (Lipinski definition) is 3. The lowest BCUT2D eigenvalue weighted by atomic mass is 10.1. The average molecular weight is 300 g/mol. The Morgan fingerprint density at radius 3 is 2.81 bits per heavy atom. The zero-order valence-corrected chi connectivity index (χ0v) is 12.3. The quantitative estimate of drug-likeness (QED) is 0.808. The van der Waals surface area contributed by atoms with Crippen LogP contribution in [-0.4, -0.2) is 9.55 Å². The number of rotatable bonds is 3. The maximum absolute atomic E-state index is 12.3. The molecule has 0 bridgehead atoms. The SMILES string of the molecule is Cn1c(=O)c(CNc2ccc(Cl)cn2)cc2ccccc21. The predicted octanol–water partition coefficient (Wildman–Crippen LogP) is 3.20. The van der Waals surface area contributed by atoms with E-state index in [0.717, 1.165) is 10.9 Å². The van der Waals surface area contributed by atoms with Crippen LogP contribution in [0.5, 0.6) is 0 Å². The first kappa shape index (κ1) is 13.6. The maximum atomic E-state index is 12.3. The number of fused-ring (bicyclic) bond motifs is 1. The molecule has 1 N–H and O–H groups in total. The number of nitrogens with zero attached hydrogens (tertiary/aromatic N) is 2. The Bertz CT molecular complexity index is 840. The van der Waals surface area contributed by atoms with Gasteiger partial charge in [0.2, 0.25) is 0 Å². The summed E-state index contributed by atoms with van der Waals surface area (Å²) in [5.74, 6) is 0.689. The summed E-state index contributed by atoms with van der Waals surface area (Å²) in [6.45, 7) is 0.423. The second-order valence-electron chi connectivity index (χ2n) is 4.81. The van der Waals surface area contributed by atoms with E-state index in [1.54, 1.807) is 29.9 Å². The molecular weight excluding hydrogens is 286 g/mol. The molecule has 0 unspecified atom stereocenters. The van der Waals surface area contributed by atoms with Crippen LogP contribution in [0.3, 0.4) is 0 Å². The second-order valence-corrected chi connectivity index (χ2v) is 5.24. The topological polar surface area (TPSA) is 46.9 Å². The first-order valence-corrected chi connectivity index (χ1v) is 6.96. The van der Waals surface area contributed by atoms with Crippen molar-refractivity contribution in [2.24, 2.45) is 7.05 Å². The molecule has 3 rings (SSSR count). The number of aryl methyl sites for hydroxylation is 1. The van der Waals surface area contributed by atoms with Crippen molar-refractivity contribution in [3.8, 4) is 0 Å². The van der Waals surface area contributed by atoms with E-state index >= 15 is 0 Å². The van der Waals surface area contributed by atoms with Crippen molar-refractivity contribution in [1.29, 1.82) is 0 Å². The molecule has 5 heteroatoms. The van der Waals surface area contributed by atoms with Gasteiger partial charge in [-0.05, 0) is 29.7 Å². The number of halogens is 1. The number of nitrogens with one attached hydrogen (secondary N) is 1. The number of pyridine rings is 2. The molecule has 4 nitrogen and oxygen atoms in total. The molecular formula is C16H14ClN3O. The van der Waals surface area contributed by atoms with E-state index in [1.807, 2.05) is 30.3 Å². The van der Waals surface area contributed by atoms with E-state index < -0.39 is 0 Å². The summed E-state index contributed by atoms with van der Waals surface area (Å²) in [5.41, 5.74) is 1.62. The van der Waals surface area contributed by atoms with E-state index in [1.165, 1.54) is 0 Å². The van der Waals surface area contributed by atoms with Crippen molar-refractivity contribution in [3.63, 3.8) is 0 Å². The van der Waals surface area contributed by atoms with Gasteiger partial charge in [0.1, 0.15) is 5.82 Å². The zero-order chi connectivity index (χ0) is 14.8. The van der Waals surface area contributed by atoms with Crippen molar-refractivity contribution in [2.45, 2.75) is 6.54 Å². The Hall–Kier alpha value is -2.33. The van der Waals surface area contributed by atoms with Gasteiger partial charge in [-0.25, -0.2) is 4.98 Å². The van der Waals surface area contributed by atoms with Gasteiger partial charge in [0.05, 0.1) is 10.5 Å². The van der Waals surface area contributed by atoms with Crippen LogP contribution < -0.4 is 10.9 Å². The highest BCUT2D eigenvalue weighted by Gasteiger charge is 2.06. The summed E-state index contributed by atoms with van der Waals surface area (Å²) >= 11 is 5.80. The van der Waals surface area contributed by atoms with Gasteiger partial charge < -0.3 is 9.88 Å². The molecule has 0 radical (unpaired) electrons. The van der Waals surface area contributed by atoms with Crippen LogP contribution in [-0.2, 0) is 13.6 Å². The Morgan fingerprint density at radius 1 is 1.24 bits per heavy atom. The van der Waals surface area contributed by atoms with E-state index in [4.69, 9.17) is 11.6 Å². The van der Waals surface area contributed by atoms with Gasteiger partial charge in [0.15, 0.2) is 0 Å². The highest BCUT2D eigenvalue weighted by atomic mass is 35.5. The molecule has 1 aromatic carbocycles. The average Bonchev–Trinajstić information content (AvgIpc) is 2.51. The van der Waals surface area contributed by atoms with Gasteiger partial charge in [0.25, 0.3) is 5.56 Å². The zero-order valence-electron chi connectivity index (χ0n) is 11.5. The Labute approximate surface area is 127 Å². The van der Waals surface area contributed by atoms with Crippen molar-refractivity contribution >= 4 is 28.3 Å². The van der Waals surface area contributed by atoms with Crippen LogP contribution in [0.4, 0.5) is 5.82 Å². The Balaban J connectivity index is 1.92. The third kappa shape index (κ3) is 2.76. The summed E-state index contributed by atoms with van der Waals surface area (Å²) in [6.07, 6.45) is 1.57. The fraction of sp³-hybridized carbons (Fsp3) is 0.125. The highest BCUT2D eigenvalue weighted by molar-refractivity contribution is 6.30. The number of anilines is 1. The van der Waals surface area contributed by atoms with E-state index in [2.05, 4.69) is 10.3 Å². The monoisotopic (exact) mass is 299 g/mol. The van der Waals surface area contributed by atoms with Crippen molar-refractivity contribution < 1.29 is 0 Å². The summed E-state index contributed by atoms with van der Waals surface area (Å²) in [5, 5.41) is 4.77. The molecule has 0 spiro atoms. The van der Waals surface area contributed by atoms with E-state index in [0.29, 0.717) is 22.9 Å². The minimum absolute atomic E-state index is 0.00448. The van der Waals surface area contributed by atoms with Crippen molar-refractivity contribution in [2.75, 3.05) is 5.32 Å². The molecule has 0 saturated heterocycles. The third-order valence-corrected chi connectivity index (χ3v) is 3.62. The normalized spacial score (nSPS) is 10.8. The summed E-state index contributed by atoms with van der Waals surface area (Å²) in [4.78, 5) is 16.5. The number of para-hydroxylation sites is 1. The lowest BCUT2D eigenvalue weighted by Crippen LogP contribution is -2.23. The van der Waals surface area contributed by atoms with Crippen LogP contribution in [0.25, 0.3) is 10.9 Å². The van der Waals surface area contributed by atoms with Crippen LogP contribution in [0, 0.1) is 0 Å². The van der Waals surface area contributed by atoms with Crippen LogP contribution in [0.15, 0.2) is 53.5 Å². The highest BCUT2D eigenvalue weighted by Crippen LogP contribution is 2.14. The van der Waals surface area contributed by atoms with E-state index in [-0.39, 0.29) is 5.56 Å². The predicted molar refractivity (Wildman–Crippen MR) is 85.8 cm³/mol. The van der Waals surface area contributed by atoms with Crippen LogP contribution in [0.2, 0.25) is 5.02 Å². The number of aromatic nitrogens is 2.